The molecule has 3 atom stereocenters. The van der Waals surface area contributed by atoms with E-state index in [0.717, 1.165) is 29.4 Å². The molecule has 2 heterocycles. The third-order valence-corrected chi connectivity index (χ3v) is 6.11. The molecule has 1 aromatic heterocycles. The zero-order valence-electron chi connectivity index (χ0n) is 20.5. The lowest BCUT2D eigenvalue weighted by Gasteiger charge is -2.22. The third-order valence-electron chi connectivity index (χ3n) is 6.11. The van der Waals surface area contributed by atoms with Crippen LogP contribution >= 0.6 is 0 Å². The number of carboxylic acid groups (broad SMARTS) is 1. The molecule has 13 nitrogen and oxygen atoms in total. The lowest BCUT2D eigenvalue weighted by Crippen LogP contribution is -2.54. The summed E-state index contributed by atoms with van der Waals surface area (Å²) in [6.45, 7) is 0.649. The number of hydrogen-bond donors (Lipinski definition) is 8. The summed E-state index contributed by atoms with van der Waals surface area (Å²) in [7, 11) is 0. The van der Waals surface area contributed by atoms with Crippen LogP contribution in [0.4, 0.5) is 0 Å². The van der Waals surface area contributed by atoms with Crippen molar-refractivity contribution >= 4 is 40.6 Å². The summed E-state index contributed by atoms with van der Waals surface area (Å²) in [5, 5.41) is 21.3. The number of carboxylic acids is 1. The normalized spacial score (nSPS) is 16.5. The van der Waals surface area contributed by atoms with Crippen molar-refractivity contribution in [1.82, 2.24) is 26.3 Å². The van der Waals surface area contributed by atoms with E-state index in [-0.39, 0.29) is 43.8 Å². The number of rotatable bonds is 13. The van der Waals surface area contributed by atoms with E-state index in [2.05, 4.69) is 31.2 Å². The van der Waals surface area contributed by atoms with Crippen molar-refractivity contribution in [2.24, 2.45) is 16.5 Å². The first-order valence-corrected chi connectivity index (χ1v) is 12.2. The quantitative estimate of drug-likeness (QED) is 0.0909. The molecule has 0 aliphatic carbocycles. The topological polar surface area (TPSA) is 217 Å². The predicted octanol–water partition coefficient (Wildman–Crippen LogP) is -1.31. The molecule has 1 aliphatic rings. The highest BCUT2D eigenvalue weighted by Gasteiger charge is 2.28. The molecule has 1 aromatic carbocycles. The van der Waals surface area contributed by atoms with Gasteiger partial charge in [-0.1, -0.05) is 18.2 Å². The van der Waals surface area contributed by atoms with Crippen LogP contribution in [0.25, 0.3) is 10.9 Å². The minimum absolute atomic E-state index is 0.0933. The fourth-order valence-electron chi connectivity index (χ4n) is 4.21. The van der Waals surface area contributed by atoms with Gasteiger partial charge in [0.25, 0.3) is 0 Å². The first-order valence-electron chi connectivity index (χ1n) is 12.2. The number of aromatic amines is 1. The molecule has 0 saturated carbocycles. The fourth-order valence-corrected chi connectivity index (χ4v) is 4.21. The number of amides is 3. The van der Waals surface area contributed by atoms with E-state index < -0.39 is 29.9 Å². The van der Waals surface area contributed by atoms with E-state index in [0.29, 0.717) is 12.8 Å². The van der Waals surface area contributed by atoms with Gasteiger partial charge in [-0.15, -0.1) is 0 Å². The van der Waals surface area contributed by atoms with Crippen LogP contribution in [0, 0.1) is 0 Å². The van der Waals surface area contributed by atoms with Gasteiger partial charge in [-0.05, 0) is 43.9 Å². The number of para-hydroxylation sites is 1. The molecule has 1 aliphatic heterocycles. The lowest BCUT2D eigenvalue weighted by atomic mass is 10.0. The highest BCUT2D eigenvalue weighted by molar-refractivity contribution is 5.93. The molecule has 3 amide bonds. The maximum absolute atomic E-state index is 13.2. The zero-order valence-corrected chi connectivity index (χ0v) is 20.5. The van der Waals surface area contributed by atoms with Crippen LogP contribution in [0.2, 0.25) is 0 Å². The second kappa shape index (κ2) is 13.3. The molecule has 0 spiro atoms. The number of carbonyl (C=O) groups excluding carboxylic acids is 3. The SMILES string of the molecule is NC(N)=NCCCC(NC(=O)C(Cc1c[nH]c2ccccc12)NC(=O)CNC(=O)C1CCCN1)C(=O)O. The number of aliphatic carboxylic acids is 1. The van der Waals surface area contributed by atoms with Gasteiger partial charge in [0.1, 0.15) is 12.1 Å². The van der Waals surface area contributed by atoms with Crippen molar-refractivity contribution in [2.45, 2.75) is 50.2 Å². The van der Waals surface area contributed by atoms with Crippen molar-refractivity contribution in [3.05, 3.63) is 36.0 Å². The number of nitrogens with one attached hydrogen (secondary N) is 5. The monoisotopic (exact) mass is 514 g/mol. The van der Waals surface area contributed by atoms with Crippen molar-refractivity contribution in [1.29, 1.82) is 0 Å². The lowest BCUT2D eigenvalue weighted by molar-refractivity contribution is -0.142. The second-order valence-electron chi connectivity index (χ2n) is 8.90. The van der Waals surface area contributed by atoms with E-state index in [9.17, 15) is 24.3 Å². The van der Waals surface area contributed by atoms with Gasteiger partial charge >= 0.3 is 5.97 Å². The van der Waals surface area contributed by atoms with Gasteiger partial charge in [0.15, 0.2) is 5.96 Å². The van der Waals surface area contributed by atoms with Crippen molar-refractivity contribution < 1.29 is 24.3 Å². The van der Waals surface area contributed by atoms with Gasteiger partial charge < -0.3 is 42.8 Å². The van der Waals surface area contributed by atoms with E-state index in [1.54, 1.807) is 6.20 Å². The van der Waals surface area contributed by atoms with Gasteiger partial charge in [-0.3, -0.25) is 19.4 Å². The fraction of sp³-hybridized carbons (Fsp3) is 0.458. The van der Waals surface area contributed by atoms with Crippen LogP contribution in [-0.4, -0.2) is 77.5 Å². The molecule has 10 N–H and O–H groups in total. The summed E-state index contributed by atoms with van der Waals surface area (Å²) in [5.74, 6) is -2.82. The van der Waals surface area contributed by atoms with Crippen LogP contribution in [0.5, 0.6) is 0 Å². The molecule has 2 aromatic rings. The van der Waals surface area contributed by atoms with Gasteiger partial charge in [-0.2, -0.15) is 0 Å². The van der Waals surface area contributed by atoms with Crippen LogP contribution in [0.15, 0.2) is 35.5 Å². The van der Waals surface area contributed by atoms with E-state index in [1.165, 1.54) is 0 Å². The minimum atomic E-state index is -1.22. The number of aromatic nitrogens is 1. The van der Waals surface area contributed by atoms with Crippen molar-refractivity contribution in [3.63, 3.8) is 0 Å². The number of nitrogens with two attached hydrogens (primary N) is 2. The van der Waals surface area contributed by atoms with Gasteiger partial charge in [-0.25, -0.2) is 4.79 Å². The molecule has 13 heteroatoms. The van der Waals surface area contributed by atoms with E-state index >= 15 is 0 Å². The summed E-state index contributed by atoms with van der Waals surface area (Å²) < 4.78 is 0. The molecule has 0 bridgehead atoms. The Labute approximate surface area is 213 Å². The Balaban J connectivity index is 1.68. The second-order valence-corrected chi connectivity index (χ2v) is 8.90. The van der Waals surface area contributed by atoms with Crippen LogP contribution in [-0.2, 0) is 25.6 Å². The van der Waals surface area contributed by atoms with Gasteiger partial charge in [0.05, 0.1) is 12.6 Å². The summed E-state index contributed by atoms with van der Waals surface area (Å²) in [5.41, 5.74) is 12.2. The number of hydrogen-bond acceptors (Lipinski definition) is 6. The Kier molecular flexibility index (Phi) is 9.84. The standard InChI is InChI=1S/C24H34N8O5/c25-24(26)28-10-4-8-18(23(36)37)32-22(35)19(11-14-12-29-16-6-2-1-5-15(14)16)31-20(33)13-30-21(34)17-7-3-9-27-17/h1-2,5-6,12,17-19,27,29H,3-4,7-11,13H2,(H,30,34)(H,31,33)(H,32,35)(H,36,37)(H4,25,26,28). The van der Waals surface area contributed by atoms with E-state index in [4.69, 9.17) is 11.5 Å². The largest absolute Gasteiger partial charge is 0.480 e. The molecule has 0 radical (unpaired) electrons. The maximum Gasteiger partial charge on any atom is 0.326 e. The minimum Gasteiger partial charge on any atom is -0.480 e. The van der Waals surface area contributed by atoms with Crippen molar-refractivity contribution in [2.75, 3.05) is 19.6 Å². The Hall–Kier alpha value is -4.13. The number of nitrogens with zero attached hydrogens (tertiary/aromatic N) is 1. The van der Waals surface area contributed by atoms with Crippen LogP contribution in [0.1, 0.15) is 31.2 Å². The van der Waals surface area contributed by atoms with Gasteiger partial charge in [0.2, 0.25) is 17.7 Å². The average molecular weight is 515 g/mol. The predicted molar refractivity (Wildman–Crippen MR) is 137 cm³/mol. The summed E-state index contributed by atoms with van der Waals surface area (Å²) in [6, 6.07) is 4.89. The molecule has 200 valence electrons. The molecule has 1 fully saturated rings. The first-order chi connectivity index (χ1) is 17.7. The number of aliphatic imine (C=N–C) groups is 1. The number of fused-ring (bicyclic) bond motifs is 1. The Bertz CT molecular complexity index is 1140. The number of benzene rings is 1. The highest BCUT2D eigenvalue weighted by atomic mass is 16.4. The molecule has 37 heavy (non-hydrogen) atoms. The molecular weight excluding hydrogens is 480 g/mol. The summed E-state index contributed by atoms with van der Waals surface area (Å²) in [4.78, 5) is 56.8. The molecule has 1 saturated heterocycles. The molecule has 3 rings (SSSR count). The number of carbonyl (C=O) groups is 4. The number of guanidine groups is 1. The van der Waals surface area contributed by atoms with Crippen molar-refractivity contribution in [3.8, 4) is 0 Å². The zero-order chi connectivity index (χ0) is 26.8. The Morgan fingerprint density at radius 1 is 1.14 bits per heavy atom. The number of H-pyrrole nitrogens is 1. The average Bonchev–Trinajstić information content (AvgIpc) is 3.54. The Morgan fingerprint density at radius 3 is 2.62 bits per heavy atom. The Morgan fingerprint density at radius 2 is 1.92 bits per heavy atom. The molecule has 3 unspecified atom stereocenters. The van der Waals surface area contributed by atoms with E-state index in [1.807, 2.05) is 24.3 Å². The third kappa shape index (κ3) is 8.20. The maximum atomic E-state index is 13.2. The summed E-state index contributed by atoms with van der Waals surface area (Å²) >= 11 is 0. The van der Waals surface area contributed by atoms with Crippen LogP contribution in [0.3, 0.4) is 0 Å². The highest BCUT2D eigenvalue weighted by Crippen LogP contribution is 2.19. The molecular formula is C24H34N8O5. The van der Waals surface area contributed by atoms with Crippen LogP contribution < -0.4 is 32.7 Å². The smallest absolute Gasteiger partial charge is 0.326 e. The van der Waals surface area contributed by atoms with Gasteiger partial charge in [0, 0.05) is 30.1 Å². The first kappa shape index (κ1) is 27.5. The summed E-state index contributed by atoms with van der Waals surface area (Å²) in [6.07, 6.45) is 3.85.